The first-order valence-corrected chi connectivity index (χ1v) is 22.9. The highest BCUT2D eigenvalue weighted by Gasteiger charge is 2.55. The molecule has 6 fully saturated rings. The van der Waals surface area contributed by atoms with E-state index in [1.54, 1.807) is 0 Å². The van der Waals surface area contributed by atoms with E-state index in [-0.39, 0.29) is 36.6 Å². The van der Waals surface area contributed by atoms with Crippen molar-refractivity contribution in [2.24, 2.45) is 17.8 Å². The zero-order valence-corrected chi connectivity index (χ0v) is 37.4. The molecule has 0 aromatic heterocycles. The molecule has 14 heteroatoms. The average Bonchev–Trinajstić information content (AvgIpc) is 3.61. The second kappa shape index (κ2) is 18.7. The third-order valence-corrected chi connectivity index (χ3v) is 14.5. The predicted molar refractivity (Wildman–Crippen MR) is 222 cm³/mol. The molecule has 0 bridgehead atoms. The van der Waals surface area contributed by atoms with E-state index < -0.39 is 77.6 Å². The lowest BCUT2D eigenvalue weighted by Crippen LogP contribution is -2.60. The molecule has 3 N–H and O–H groups in total. The lowest BCUT2D eigenvalue weighted by atomic mass is 9.79. The van der Waals surface area contributed by atoms with E-state index in [4.69, 9.17) is 42.6 Å². The lowest BCUT2D eigenvalue weighted by Gasteiger charge is -2.50. The summed E-state index contributed by atoms with van der Waals surface area (Å²) in [5, 5.41) is 33.7. The van der Waals surface area contributed by atoms with Crippen LogP contribution in [0.25, 0.3) is 0 Å². The summed E-state index contributed by atoms with van der Waals surface area (Å²) in [4.78, 5) is 24.7. The molecular weight excluding hydrogens is 789 g/mol. The van der Waals surface area contributed by atoms with Crippen molar-refractivity contribution in [2.45, 2.75) is 215 Å². The fourth-order valence-corrected chi connectivity index (χ4v) is 11.1. The maximum Gasteiger partial charge on any atom is 0.337 e. The molecule has 0 radical (unpaired) electrons. The lowest BCUT2D eigenvalue weighted by molar-refractivity contribution is -0.321. The Labute approximate surface area is 361 Å². The molecule has 0 amide bonds. The highest BCUT2D eigenvalue weighted by atomic mass is 16.7. The van der Waals surface area contributed by atoms with Crippen LogP contribution in [0.15, 0.2) is 36.0 Å². The molecule has 0 unspecified atom stereocenters. The maximum atomic E-state index is 12.5. The SMILES string of the molecule is C=C1[C@@H](O)[C@@H]2O[C@]3(CC[C@H](/C=C/[C@@H](C)[C@@H]4CC(C)=C[C@@]5(O[C@H](C[C@@](C)(O)C(=O)OC)CC[C@H]5O)O4)O3)CC[C@H]2O[C@@H]1[C@H](C[C@H](C)[C@H]1O[C@@]2(CCCCO2)CC[C@H]1C)OC(C)=O. The van der Waals surface area contributed by atoms with E-state index in [0.29, 0.717) is 63.0 Å². The van der Waals surface area contributed by atoms with Gasteiger partial charge in [-0.25, -0.2) is 4.79 Å². The summed E-state index contributed by atoms with van der Waals surface area (Å²) in [7, 11) is 1.23. The molecule has 17 atom stereocenters. The monoisotopic (exact) mass is 860 g/mol. The number of hydrogen-bond acceptors (Lipinski definition) is 14. The van der Waals surface area contributed by atoms with Crippen LogP contribution in [0.2, 0.25) is 0 Å². The maximum absolute atomic E-state index is 12.5. The fraction of sp³-hybridized carbons (Fsp3) is 0.830. The number of rotatable bonds is 11. The van der Waals surface area contributed by atoms with Crippen LogP contribution in [0.4, 0.5) is 0 Å². The number of fused-ring (bicyclic) bond motifs is 1. The Morgan fingerprint density at radius 1 is 1.00 bits per heavy atom. The first-order valence-electron chi connectivity index (χ1n) is 22.9. The summed E-state index contributed by atoms with van der Waals surface area (Å²) >= 11 is 0. The minimum atomic E-state index is -1.74. The van der Waals surface area contributed by atoms with Gasteiger partial charge in [-0.05, 0) is 95.1 Å². The third-order valence-electron chi connectivity index (χ3n) is 14.5. The van der Waals surface area contributed by atoms with Gasteiger partial charge in [0.2, 0.25) is 5.79 Å². The van der Waals surface area contributed by atoms with Gasteiger partial charge in [0.05, 0.1) is 44.2 Å². The van der Waals surface area contributed by atoms with Gasteiger partial charge in [0.25, 0.3) is 0 Å². The van der Waals surface area contributed by atoms with Gasteiger partial charge in [-0.3, -0.25) is 4.79 Å². The van der Waals surface area contributed by atoms with Crippen LogP contribution in [0, 0.1) is 17.8 Å². The Morgan fingerprint density at radius 3 is 2.48 bits per heavy atom. The molecule has 0 aliphatic carbocycles. The van der Waals surface area contributed by atoms with E-state index >= 15 is 0 Å². The van der Waals surface area contributed by atoms with E-state index in [2.05, 4.69) is 33.4 Å². The number of hydrogen-bond donors (Lipinski definition) is 3. The molecule has 0 aromatic rings. The zero-order chi connectivity index (χ0) is 43.9. The van der Waals surface area contributed by atoms with Gasteiger partial charge in [0.15, 0.2) is 17.2 Å². The van der Waals surface area contributed by atoms with Gasteiger partial charge in [0.1, 0.15) is 30.5 Å². The number of methoxy groups -OCH3 is 1. The highest BCUT2D eigenvalue weighted by Crippen LogP contribution is 2.48. The normalized spacial score (nSPS) is 43.0. The summed E-state index contributed by atoms with van der Waals surface area (Å²) in [5.74, 6) is -3.74. The van der Waals surface area contributed by atoms with Gasteiger partial charge < -0.3 is 58.0 Å². The van der Waals surface area contributed by atoms with Crippen LogP contribution in [0.5, 0.6) is 0 Å². The minimum Gasteiger partial charge on any atom is -0.467 e. The van der Waals surface area contributed by atoms with Crippen molar-refractivity contribution in [1.82, 2.24) is 0 Å². The van der Waals surface area contributed by atoms with Crippen LogP contribution < -0.4 is 0 Å². The molecule has 3 spiro atoms. The number of carbonyl (C=O) groups excluding carboxylic acids is 2. The molecule has 6 saturated heterocycles. The predicted octanol–water partition coefficient (Wildman–Crippen LogP) is 5.87. The summed E-state index contributed by atoms with van der Waals surface area (Å²) in [6.45, 7) is 16.2. The molecular formula is C47H72O14. The second-order valence-electron chi connectivity index (χ2n) is 19.6. The molecule has 7 rings (SSSR count). The molecule has 14 nitrogen and oxygen atoms in total. The topological polar surface area (TPSA) is 178 Å². The average molecular weight is 861 g/mol. The Morgan fingerprint density at radius 2 is 1.75 bits per heavy atom. The fourth-order valence-electron chi connectivity index (χ4n) is 11.1. The van der Waals surface area contributed by atoms with Crippen molar-refractivity contribution in [2.75, 3.05) is 13.7 Å². The van der Waals surface area contributed by atoms with Gasteiger partial charge in [0, 0.05) is 44.9 Å². The Bertz CT molecular complexity index is 1640. The minimum absolute atomic E-state index is 0.00741. The molecule has 0 saturated carbocycles. The Kier molecular flexibility index (Phi) is 14.3. The summed E-state index contributed by atoms with van der Waals surface area (Å²) in [6.07, 6.45) is 9.71. The number of aliphatic hydroxyl groups excluding tert-OH is 2. The van der Waals surface area contributed by atoms with E-state index in [1.807, 2.05) is 19.1 Å². The Balaban J connectivity index is 0.950. The van der Waals surface area contributed by atoms with Crippen molar-refractivity contribution in [1.29, 1.82) is 0 Å². The number of esters is 2. The molecule has 7 aliphatic rings. The summed E-state index contributed by atoms with van der Waals surface area (Å²) < 4.78 is 56.6. The summed E-state index contributed by atoms with van der Waals surface area (Å²) in [5.41, 5.74) is -0.304. The van der Waals surface area contributed by atoms with Crippen LogP contribution in [-0.2, 0) is 52.2 Å². The van der Waals surface area contributed by atoms with Gasteiger partial charge in [-0.15, -0.1) is 0 Å². The first kappa shape index (κ1) is 46.7. The number of aliphatic hydroxyl groups is 3. The van der Waals surface area contributed by atoms with Crippen LogP contribution in [0.1, 0.15) is 131 Å². The highest BCUT2D eigenvalue weighted by molar-refractivity contribution is 5.78. The van der Waals surface area contributed by atoms with Crippen LogP contribution >= 0.6 is 0 Å². The molecule has 7 aliphatic heterocycles. The molecule has 61 heavy (non-hydrogen) atoms. The zero-order valence-electron chi connectivity index (χ0n) is 37.4. The van der Waals surface area contributed by atoms with Crippen LogP contribution in [-0.4, -0.2) is 125 Å². The third kappa shape index (κ3) is 10.2. The first-order chi connectivity index (χ1) is 28.9. The number of carbonyl (C=O) groups is 2. The second-order valence-corrected chi connectivity index (χ2v) is 19.6. The van der Waals surface area contributed by atoms with E-state index in [1.165, 1.54) is 21.0 Å². The molecule has 344 valence electrons. The smallest absolute Gasteiger partial charge is 0.337 e. The molecule has 0 aromatic carbocycles. The van der Waals surface area contributed by atoms with Crippen molar-refractivity contribution in [3.8, 4) is 0 Å². The van der Waals surface area contributed by atoms with E-state index in [0.717, 1.165) is 44.1 Å². The van der Waals surface area contributed by atoms with Crippen molar-refractivity contribution in [3.63, 3.8) is 0 Å². The van der Waals surface area contributed by atoms with Crippen LogP contribution in [0.3, 0.4) is 0 Å². The quantitative estimate of drug-likeness (QED) is 0.166. The molecule has 7 heterocycles. The van der Waals surface area contributed by atoms with Crippen molar-refractivity contribution in [3.05, 3.63) is 36.0 Å². The van der Waals surface area contributed by atoms with Gasteiger partial charge in [-0.1, -0.05) is 45.1 Å². The number of ether oxygens (including phenoxy) is 9. The van der Waals surface area contributed by atoms with Crippen molar-refractivity contribution >= 4 is 11.9 Å². The van der Waals surface area contributed by atoms with Gasteiger partial charge in [-0.2, -0.15) is 0 Å². The Hall–Kier alpha value is -2.24. The summed E-state index contributed by atoms with van der Waals surface area (Å²) in [6, 6.07) is 0. The van der Waals surface area contributed by atoms with Gasteiger partial charge >= 0.3 is 11.9 Å². The van der Waals surface area contributed by atoms with Crippen molar-refractivity contribution < 1.29 is 67.5 Å². The van der Waals surface area contributed by atoms with E-state index in [9.17, 15) is 24.9 Å². The standard InChI is InChI=1S/C47H72O14/c1-27-23-36(59-47(25-27)38(49)14-13-34(58-47)26-44(7,52)43(51)53-8)28(2)11-12-33-16-20-46(57-33)21-17-35-42(61-46)39(50)31(5)41(56-35)37(55-32(6)48)24-30(4)40-29(3)15-19-45(60-40)18-9-10-22-54-45/h11-12,25,28-30,33-42,49-50,52H,5,9-10,13-24,26H2,1-4,6-8H3/b12-11+/t28-,29-,30+,33+,34+,35-,36+,37+,38-,39-,40+,41+,42-,44-,45+,46-,47-/m1/s1. The largest absolute Gasteiger partial charge is 0.467 e.